The van der Waals surface area contributed by atoms with Gasteiger partial charge in [-0.3, -0.25) is 9.89 Å². The van der Waals surface area contributed by atoms with Crippen molar-refractivity contribution in [3.05, 3.63) is 51.0 Å². The average molecular weight is 242 g/mol. The van der Waals surface area contributed by atoms with Gasteiger partial charge in [-0.15, -0.1) is 0 Å². The second-order valence-corrected chi connectivity index (χ2v) is 3.78. The van der Waals surface area contributed by atoms with Gasteiger partial charge in [-0.1, -0.05) is 17.7 Å². The molecule has 1 aromatic heterocycles. The molecule has 0 atom stereocenters. The average Bonchev–Trinajstić information content (AvgIpc) is 2.50. The number of anilines is 1. The van der Waals surface area contributed by atoms with Crippen LogP contribution in [0.2, 0.25) is 5.02 Å². The Labute approximate surface area is 95.4 Å². The lowest BCUT2D eigenvalue weighted by Gasteiger charge is -2.04. The number of H-pyrrole nitrogens is 1. The van der Waals surface area contributed by atoms with E-state index >= 15 is 0 Å². The Hall–Kier alpha value is -1.75. The normalized spacial score (nSPS) is 10.6. The van der Waals surface area contributed by atoms with Crippen LogP contribution in [0.15, 0.2) is 29.1 Å². The van der Waals surface area contributed by atoms with Gasteiger partial charge in [0.25, 0.3) is 5.56 Å². The van der Waals surface area contributed by atoms with Crippen LogP contribution >= 0.6 is 11.6 Å². The van der Waals surface area contributed by atoms with E-state index in [1.807, 2.05) is 0 Å². The molecule has 1 aromatic carbocycles. The van der Waals surface area contributed by atoms with Crippen molar-refractivity contribution in [1.82, 2.24) is 9.78 Å². The molecule has 16 heavy (non-hydrogen) atoms. The Morgan fingerprint density at radius 2 is 2.19 bits per heavy atom. The van der Waals surface area contributed by atoms with Gasteiger partial charge in [-0.05, 0) is 17.7 Å². The zero-order chi connectivity index (χ0) is 11.7. The number of aromatic amines is 1. The molecular formula is C10H9ClFN3O. The maximum atomic E-state index is 12.8. The molecule has 2 rings (SSSR count). The Bertz CT molecular complexity index is 576. The number of nitrogens with one attached hydrogen (secondary N) is 1. The van der Waals surface area contributed by atoms with Gasteiger partial charge in [0, 0.05) is 11.1 Å². The van der Waals surface area contributed by atoms with Crippen LogP contribution in [0, 0.1) is 5.82 Å². The molecule has 3 N–H and O–H groups in total. The van der Waals surface area contributed by atoms with Crippen molar-refractivity contribution in [1.29, 1.82) is 0 Å². The highest BCUT2D eigenvalue weighted by atomic mass is 35.5. The summed E-state index contributed by atoms with van der Waals surface area (Å²) in [4.78, 5) is 11.4. The molecule has 0 unspecified atom stereocenters. The van der Waals surface area contributed by atoms with E-state index in [-0.39, 0.29) is 22.9 Å². The van der Waals surface area contributed by atoms with E-state index in [4.69, 9.17) is 17.3 Å². The van der Waals surface area contributed by atoms with E-state index in [2.05, 4.69) is 5.10 Å². The van der Waals surface area contributed by atoms with Crippen molar-refractivity contribution >= 4 is 17.4 Å². The van der Waals surface area contributed by atoms with E-state index in [9.17, 15) is 9.18 Å². The molecule has 0 amide bonds. The summed E-state index contributed by atoms with van der Waals surface area (Å²) in [6.45, 7) is 0.231. The molecule has 0 aliphatic rings. The third-order valence-corrected chi connectivity index (χ3v) is 2.50. The minimum absolute atomic E-state index is 0.231. The second-order valence-electron chi connectivity index (χ2n) is 3.37. The van der Waals surface area contributed by atoms with E-state index in [0.717, 1.165) is 0 Å². The SMILES string of the molecule is Nc1cc(=O)n(Cc2ccc(F)cc2Cl)[nH]1. The van der Waals surface area contributed by atoms with Gasteiger partial charge < -0.3 is 5.73 Å². The molecule has 0 spiro atoms. The van der Waals surface area contributed by atoms with Crippen LogP contribution in [0.25, 0.3) is 0 Å². The van der Waals surface area contributed by atoms with E-state index in [1.54, 1.807) is 0 Å². The zero-order valence-corrected chi connectivity index (χ0v) is 8.96. The first-order valence-corrected chi connectivity index (χ1v) is 4.93. The van der Waals surface area contributed by atoms with Gasteiger partial charge in [0.15, 0.2) is 0 Å². The van der Waals surface area contributed by atoms with Gasteiger partial charge >= 0.3 is 0 Å². The second kappa shape index (κ2) is 4.02. The van der Waals surface area contributed by atoms with E-state index < -0.39 is 5.82 Å². The van der Waals surface area contributed by atoms with Crippen LogP contribution in [0.1, 0.15) is 5.56 Å². The molecule has 0 aliphatic heterocycles. The van der Waals surface area contributed by atoms with Crippen molar-refractivity contribution in [3.63, 3.8) is 0 Å². The fourth-order valence-corrected chi connectivity index (χ4v) is 1.62. The number of hydrogen-bond acceptors (Lipinski definition) is 2. The third kappa shape index (κ3) is 2.09. The number of hydrogen-bond donors (Lipinski definition) is 2. The van der Waals surface area contributed by atoms with Gasteiger partial charge in [-0.2, -0.15) is 0 Å². The topological polar surface area (TPSA) is 63.8 Å². The van der Waals surface area contributed by atoms with Crippen LogP contribution in [0.4, 0.5) is 10.2 Å². The lowest BCUT2D eigenvalue weighted by Crippen LogP contribution is -2.16. The molecule has 0 radical (unpaired) electrons. The number of benzene rings is 1. The van der Waals surface area contributed by atoms with Gasteiger partial charge in [0.1, 0.15) is 11.6 Å². The predicted octanol–water partition coefficient (Wildman–Crippen LogP) is 1.60. The summed E-state index contributed by atoms with van der Waals surface area (Å²) >= 11 is 5.84. The Balaban J connectivity index is 2.34. The standard InChI is InChI=1S/C10H9ClFN3O/c11-8-3-7(12)2-1-6(8)5-15-10(16)4-9(13)14-15/h1-4,14H,5,13H2. The lowest BCUT2D eigenvalue weighted by atomic mass is 10.2. The maximum absolute atomic E-state index is 12.8. The number of aromatic nitrogens is 2. The molecular weight excluding hydrogens is 233 g/mol. The summed E-state index contributed by atoms with van der Waals surface area (Å²) in [6, 6.07) is 5.30. The summed E-state index contributed by atoms with van der Waals surface area (Å²) in [5.41, 5.74) is 5.82. The fraction of sp³-hybridized carbons (Fsp3) is 0.100. The highest BCUT2D eigenvalue weighted by Crippen LogP contribution is 2.17. The van der Waals surface area contributed by atoms with E-state index in [1.165, 1.54) is 28.9 Å². The first-order valence-electron chi connectivity index (χ1n) is 4.55. The number of halogens is 2. The van der Waals surface area contributed by atoms with Crippen molar-refractivity contribution < 1.29 is 4.39 Å². The Morgan fingerprint density at radius 1 is 1.44 bits per heavy atom. The van der Waals surface area contributed by atoms with Crippen LogP contribution in [0.5, 0.6) is 0 Å². The highest BCUT2D eigenvalue weighted by molar-refractivity contribution is 6.31. The molecule has 0 aliphatic carbocycles. The monoisotopic (exact) mass is 241 g/mol. The molecule has 0 bridgehead atoms. The largest absolute Gasteiger partial charge is 0.384 e. The van der Waals surface area contributed by atoms with E-state index in [0.29, 0.717) is 5.56 Å². The summed E-state index contributed by atoms with van der Waals surface area (Å²) in [6.07, 6.45) is 0. The minimum atomic E-state index is -0.410. The molecule has 84 valence electrons. The molecule has 4 nitrogen and oxygen atoms in total. The quantitative estimate of drug-likeness (QED) is 0.839. The van der Waals surface area contributed by atoms with Crippen LogP contribution < -0.4 is 11.3 Å². The van der Waals surface area contributed by atoms with Crippen molar-refractivity contribution in [2.75, 3.05) is 5.73 Å². The number of nitrogen functional groups attached to an aromatic ring is 1. The van der Waals surface area contributed by atoms with Crippen molar-refractivity contribution in [2.45, 2.75) is 6.54 Å². The predicted molar refractivity (Wildman–Crippen MR) is 60.0 cm³/mol. The summed E-state index contributed by atoms with van der Waals surface area (Å²) < 4.78 is 14.1. The molecule has 1 heterocycles. The molecule has 6 heteroatoms. The summed E-state index contributed by atoms with van der Waals surface area (Å²) in [5, 5.41) is 2.94. The number of rotatable bonds is 2. The van der Waals surface area contributed by atoms with Gasteiger partial charge in [-0.25, -0.2) is 9.07 Å². The zero-order valence-electron chi connectivity index (χ0n) is 8.21. The maximum Gasteiger partial charge on any atom is 0.268 e. The fourth-order valence-electron chi connectivity index (χ4n) is 1.39. The van der Waals surface area contributed by atoms with Crippen LogP contribution in [0.3, 0.4) is 0 Å². The molecule has 0 fully saturated rings. The molecule has 0 saturated carbocycles. The molecule has 0 saturated heterocycles. The van der Waals surface area contributed by atoms with Crippen LogP contribution in [-0.2, 0) is 6.54 Å². The number of nitrogens with two attached hydrogens (primary N) is 1. The van der Waals surface area contributed by atoms with Crippen LogP contribution in [-0.4, -0.2) is 9.78 Å². The van der Waals surface area contributed by atoms with Crippen molar-refractivity contribution in [2.24, 2.45) is 0 Å². The highest BCUT2D eigenvalue weighted by Gasteiger charge is 2.05. The summed E-state index contributed by atoms with van der Waals surface area (Å²) in [7, 11) is 0. The van der Waals surface area contributed by atoms with Gasteiger partial charge in [0.2, 0.25) is 0 Å². The first kappa shape index (κ1) is 10.8. The first-order chi connectivity index (χ1) is 7.56. The Kier molecular flexibility index (Phi) is 2.70. The summed E-state index contributed by atoms with van der Waals surface area (Å²) in [5.74, 6) is -0.129. The molecule has 2 aromatic rings. The van der Waals surface area contributed by atoms with Gasteiger partial charge in [0.05, 0.1) is 6.54 Å². The minimum Gasteiger partial charge on any atom is -0.384 e. The smallest absolute Gasteiger partial charge is 0.268 e. The Morgan fingerprint density at radius 3 is 2.75 bits per heavy atom. The third-order valence-electron chi connectivity index (χ3n) is 2.15. The number of nitrogens with zero attached hydrogens (tertiary/aromatic N) is 1. The van der Waals surface area contributed by atoms with Crippen molar-refractivity contribution in [3.8, 4) is 0 Å². The lowest BCUT2D eigenvalue weighted by molar-refractivity contribution is 0.623.